The van der Waals surface area contributed by atoms with Crippen LogP contribution in [0.15, 0.2) is 59.0 Å². The number of rotatable bonds is 7. The highest BCUT2D eigenvalue weighted by molar-refractivity contribution is 5.93. The molecule has 0 bridgehead atoms. The number of ether oxygens (including phenoxy) is 1. The summed E-state index contributed by atoms with van der Waals surface area (Å²) in [5, 5.41) is 2.95. The Morgan fingerprint density at radius 3 is 2.58 bits per heavy atom. The zero-order valence-electron chi connectivity index (χ0n) is 19.9. The van der Waals surface area contributed by atoms with Gasteiger partial charge >= 0.3 is 0 Å². The number of carbonyl (C=O) groups is 1. The Labute approximate surface area is 194 Å². The molecule has 170 valence electrons. The average molecular weight is 443 g/mol. The maximum atomic E-state index is 12.6. The lowest BCUT2D eigenvalue weighted by Gasteiger charge is -2.12. The molecule has 4 aromatic rings. The number of fused-ring (bicyclic) bond motifs is 1. The van der Waals surface area contributed by atoms with E-state index in [4.69, 9.17) is 9.15 Å². The molecule has 5 nitrogen and oxygen atoms in total. The number of benzene rings is 3. The molecule has 1 atom stereocenters. The predicted octanol–water partition coefficient (Wildman–Crippen LogP) is 6.95. The monoisotopic (exact) mass is 442 g/mol. The van der Waals surface area contributed by atoms with Crippen molar-refractivity contribution in [3.8, 4) is 17.2 Å². The number of nitrogens with one attached hydrogen (secondary N) is 1. The van der Waals surface area contributed by atoms with Crippen LogP contribution in [0.25, 0.3) is 22.6 Å². The molecule has 0 aliphatic heterocycles. The summed E-state index contributed by atoms with van der Waals surface area (Å²) < 4.78 is 11.8. The molecule has 0 unspecified atom stereocenters. The maximum absolute atomic E-state index is 12.6. The van der Waals surface area contributed by atoms with Gasteiger partial charge in [0.05, 0.1) is 0 Å². The standard InChI is InChI=1S/C28H30N2O3/c1-6-18(3)21-10-12-22(13-11-21)32-16-26(31)29-24-9-7-8-23(20(24)5)28-30-25-15-17(2)14-19(4)27(25)33-28/h7-15,18H,6,16H2,1-5H3,(H,29,31)/t18-/m1/s1. The number of aryl methyl sites for hydroxylation is 2. The summed E-state index contributed by atoms with van der Waals surface area (Å²) in [4.78, 5) is 17.2. The van der Waals surface area contributed by atoms with E-state index in [2.05, 4.69) is 42.3 Å². The van der Waals surface area contributed by atoms with Gasteiger partial charge in [-0.2, -0.15) is 0 Å². The Morgan fingerprint density at radius 2 is 1.85 bits per heavy atom. The third kappa shape index (κ3) is 4.92. The second-order valence-electron chi connectivity index (χ2n) is 8.64. The summed E-state index contributed by atoms with van der Waals surface area (Å²) in [5.74, 6) is 1.52. The first-order chi connectivity index (χ1) is 15.9. The van der Waals surface area contributed by atoms with Gasteiger partial charge in [-0.05, 0) is 85.7 Å². The quantitative estimate of drug-likeness (QED) is 0.336. The molecule has 0 aliphatic carbocycles. The summed E-state index contributed by atoms with van der Waals surface area (Å²) in [7, 11) is 0. The number of hydrogen-bond acceptors (Lipinski definition) is 4. The molecule has 33 heavy (non-hydrogen) atoms. The van der Waals surface area contributed by atoms with E-state index in [0.717, 1.165) is 39.8 Å². The average Bonchev–Trinajstić information content (AvgIpc) is 3.23. The van der Waals surface area contributed by atoms with Crippen LogP contribution in [-0.2, 0) is 4.79 Å². The van der Waals surface area contributed by atoms with Crippen LogP contribution < -0.4 is 10.1 Å². The van der Waals surface area contributed by atoms with Crippen LogP contribution >= 0.6 is 0 Å². The van der Waals surface area contributed by atoms with Crippen LogP contribution in [0, 0.1) is 20.8 Å². The van der Waals surface area contributed by atoms with E-state index in [0.29, 0.717) is 23.2 Å². The summed E-state index contributed by atoms with van der Waals surface area (Å²) in [6, 6.07) is 17.7. The number of oxazole rings is 1. The third-order valence-electron chi connectivity index (χ3n) is 6.09. The van der Waals surface area contributed by atoms with Crippen molar-refractivity contribution in [2.24, 2.45) is 0 Å². The molecular formula is C28H30N2O3. The van der Waals surface area contributed by atoms with Gasteiger partial charge in [-0.25, -0.2) is 4.98 Å². The Bertz CT molecular complexity index is 1290. The Morgan fingerprint density at radius 1 is 1.09 bits per heavy atom. The van der Waals surface area contributed by atoms with Crippen LogP contribution in [0.5, 0.6) is 5.75 Å². The molecule has 1 heterocycles. The fourth-order valence-electron chi connectivity index (χ4n) is 3.96. The molecular weight excluding hydrogens is 412 g/mol. The molecule has 1 N–H and O–H groups in total. The fourth-order valence-corrected chi connectivity index (χ4v) is 3.96. The largest absolute Gasteiger partial charge is 0.484 e. The SMILES string of the molecule is CC[C@@H](C)c1ccc(OCC(=O)Nc2cccc(-c3nc4cc(C)cc(C)c4o3)c2C)cc1. The number of amides is 1. The molecule has 5 heteroatoms. The zero-order valence-corrected chi connectivity index (χ0v) is 19.9. The van der Waals surface area contributed by atoms with Crippen LogP contribution in [0.1, 0.15) is 48.4 Å². The molecule has 0 aliphatic rings. The Balaban J connectivity index is 1.46. The van der Waals surface area contributed by atoms with Gasteiger partial charge in [0.25, 0.3) is 5.91 Å². The van der Waals surface area contributed by atoms with Crippen molar-refractivity contribution < 1.29 is 13.9 Å². The molecule has 3 aromatic carbocycles. The molecule has 0 fully saturated rings. The number of anilines is 1. The molecule has 0 spiro atoms. The van der Waals surface area contributed by atoms with Crippen LogP contribution in [-0.4, -0.2) is 17.5 Å². The lowest BCUT2D eigenvalue weighted by Crippen LogP contribution is -2.20. The Hall–Kier alpha value is -3.60. The van der Waals surface area contributed by atoms with Crippen molar-refractivity contribution in [2.75, 3.05) is 11.9 Å². The van der Waals surface area contributed by atoms with Gasteiger partial charge in [0.15, 0.2) is 12.2 Å². The summed E-state index contributed by atoms with van der Waals surface area (Å²) in [6.07, 6.45) is 1.09. The van der Waals surface area contributed by atoms with E-state index in [-0.39, 0.29) is 12.5 Å². The lowest BCUT2D eigenvalue weighted by molar-refractivity contribution is -0.118. The Kier molecular flexibility index (Phi) is 6.50. The minimum absolute atomic E-state index is 0.0618. The van der Waals surface area contributed by atoms with Gasteiger partial charge in [-0.1, -0.05) is 38.1 Å². The normalized spacial score (nSPS) is 12.0. The number of hydrogen-bond donors (Lipinski definition) is 1. The van der Waals surface area contributed by atoms with Crippen LogP contribution in [0.2, 0.25) is 0 Å². The van der Waals surface area contributed by atoms with Gasteiger partial charge in [0, 0.05) is 11.3 Å². The van der Waals surface area contributed by atoms with E-state index in [1.54, 1.807) is 0 Å². The first-order valence-corrected chi connectivity index (χ1v) is 11.4. The van der Waals surface area contributed by atoms with E-state index >= 15 is 0 Å². The summed E-state index contributed by atoms with van der Waals surface area (Å²) >= 11 is 0. The highest BCUT2D eigenvalue weighted by atomic mass is 16.5. The van der Waals surface area contributed by atoms with Gasteiger partial charge in [-0.15, -0.1) is 0 Å². The molecule has 0 saturated heterocycles. The van der Waals surface area contributed by atoms with Crippen molar-refractivity contribution in [1.82, 2.24) is 4.98 Å². The van der Waals surface area contributed by atoms with Crippen molar-refractivity contribution in [1.29, 1.82) is 0 Å². The first-order valence-electron chi connectivity index (χ1n) is 11.4. The predicted molar refractivity (Wildman–Crippen MR) is 133 cm³/mol. The minimum atomic E-state index is -0.217. The highest BCUT2D eigenvalue weighted by Gasteiger charge is 2.15. The molecule has 1 amide bonds. The minimum Gasteiger partial charge on any atom is -0.484 e. The number of nitrogens with zero attached hydrogens (tertiary/aromatic N) is 1. The van der Waals surface area contributed by atoms with E-state index < -0.39 is 0 Å². The second-order valence-corrected chi connectivity index (χ2v) is 8.64. The lowest BCUT2D eigenvalue weighted by atomic mass is 9.99. The van der Waals surface area contributed by atoms with E-state index in [1.165, 1.54) is 5.56 Å². The second kappa shape index (κ2) is 9.49. The van der Waals surface area contributed by atoms with E-state index in [9.17, 15) is 4.79 Å². The van der Waals surface area contributed by atoms with Crippen molar-refractivity contribution in [2.45, 2.75) is 47.0 Å². The van der Waals surface area contributed by atoms with Crippen molar-refractivity contribution in [3.05, 3.63) is 76.9 Å². The van der Waals surface area contributed by atoms with Crippen molar-refractivity contribution in [3.63, 3.8) is 0 Å². The molecule has 0 saturated carbocycles. The van der Waals surface area contributed by atoms with Gasteiger partial charge in [-0.3, -0.25) is 4.79 Å². The molecule has 1 aromatic heterocycles. The van der Waals surface area contributed by atoms with E-state index in [1.807, 2.05) is 57.2 Å². The zero-order chi connectivity index (χ0) is 23.5. The maximum Gasteiger partial charge on any atom is 0.262 e. The smallest absolute Gasteiger partial charge is 0.262 e. The molecule has 0 radical (unpaired) electrons. The summed E-state index contributed by atoms with van der Waals surface area (Å²) in [6.45, 7) is 10.3. The number of aromatic nitrogens is 1. The van der Waals surface area contributed by atoms with Crippen molar-refractivity contribution >= 4 is 22.7 Å². The summed E-state index contributed by atoms with van der Waals surface area (Å²) in [5.41, 5.74) is 7.55. The van der Waals surface area contributed by atoms with Gasteiger partial charge in [0.1, 0.15) is 11.3 Å². The highest BCUT2D eigenvalue weighted by Crippen LogP contribution is 2.32. The van der Waals surface area contributed by atoms with Crippen LogP contribution in [0.3, 0.4) is 0 Å². The first kappa shape index (κ1) is 22.6. The molecule has 4 rings (SSSR count). The number of carbonyl (C=O) groups excluding carboxylic acids is 1. The van der Waals surface area contributed by atoms with Crippen LogP contribution in [0.4, 0.5) is 5.69 Å². The third-order valence-corrected chi connectivity index (χ3v) is 6.09. The van der Waals surface area contributed by atoms with Gasteiger partial charge in [0.2, 0.25) is 5.89 Å². The fraction of sp³-hybridized carbons (Fsp3) is 0.286. The topological polar surface area (TPSA) is 64.4 Å². The van der Waals surface area contributed by atoms with Gasteiger partial charge < -0.3 is 14.5 Å².